The lowest BCUT2D eigenvalue weighted by molar-refractivity contribution is 0.0833. The Morgan fingerprint density at radius 1 is 1.33 bits per heavy atom. The number of fused-ring (bicyclic) bond motifs is 1. The Morgan fingerprint density at radius 2 is 2.11 bits per heavy atom. The van der Waals surface area contributed by atoms with E-state index in [-0.39, 0.29) is 6.03 Å². The summed E-state index contributed by atoms with van der Waals surface area (Å²) in [5.41, 5.74) is 1.62. The Hall–Kier alpha value is -2.70. The topological polar surface area (TPSA) is 68.6 Å². The molecule has 7 heteroatoms. The number of anilines is 1. The second-order valence-corrected chi connectivity index (χ2v) is 7.97. The van der Waals surface area contributed by atoms with E-state index < -0.39 is 5.60 Å². The third kappa shape index (κ3) is 3.72. The van der Waals surface area contributed by atoms with Crippen LogP contribution < -0.4 is 14.8 Å². The van der Waals surface area contributed by atoms with E-state index in [1.54, 1.807) is 12.0 Å². The molecule has 2 aromatic rings. The van der Waals surface area contributed by atoms with Crippen molar-refractivity contribution in [3.05, 3.63) is 35.5 Å². The zero-order valence-corrected chi connectivity index (χ0v) is 16.3. The van der Waals surface area contributed by atoms with Crippen molar-refractivity contribution in [1.29, 1.82) is 0 Å². The van der Waals surface area contributed by atoms with E-state index in [0.29, 0.717) is 24.8 Å². The number of benzene rings is 1. The van der Waals surface area contributed by atoms with Gasteiger partial charge >= 0.3 is 6.03 Å². The number of aromatic nitrogens is 2. The summed E-state index contributed by atoms with van der Waals surface area (Å²) in [5.74, 6) is 2.68. The molecule has 1 saturated carbocycles. The summed E-state index contributed by atoms with van der Waals surface area (Å²) in [6.45, 7) is 4.90. The van der Waals surface area contributed by atoms with E-state index in [1.807, 2.05) is 49.8 Å². The van der Waals surface area contributed by atoms with Gasteiger partial charge in [0.1, 0.15) is 17.1 Å². The Kier molecular flexibility index (Phi) is 4.25. The van der Waals surface area contributed by atoms with Gasteiger partial charge in [-0.05, 0) is 38.8 Å². The molecule has 27 heavy (non-hydrogen) atoms. The van der Waals surface area contributed by atoms with Crippen molar-refractivity contribution in [3.8, 4) is 11.5 Å². The highest BCUT2D eigenvalue weighted by atomic mass is 16.5. The SMILES string of the molecule is COc1ccc2c(c1)OC(C)(C)CN(C(=O)Nc1cc(C3CC3)n(C)n1)C2. The first kappa shape index (κ1) is 17.7. The predicted molar refractivity (Wildman–Crippen MR) is 102 cm³/mol. The minimum Gasteiger partial charge on any atom is -0.497 e. The molecule has 0 spiro atoms. The highest BCUT2D eigenvalue weighted by Gasteiger charge is 2.32. The summed E-state index contributed by atoms with van der Waals surface area (Å²) in [6, 6.07) is 7.52. The summed E-state index contributed by atoms with van der Waals surface area (Å²) in [7, 11) is 3.56. The summed E-state index contributed by atoms with van der Waals surface area (Å²) >= 11 is 0. The first-order valence-corrected chi connectivity index (χ1v) is 9.30. The van der Waals surface area contributed by atoms with Crippen LogP contribution in [-0.4, -0.2) is 40.0 Å². The molecule has 0 bridgehead atoms. The first-order valence-electron chi connectivity index (χ1n) is 9.30. The Morgan fingerprint density at radius 3 is 2.81 bits per heavy atom. The molecule has 144 valence electrons. The van der Waals surface area contributed by atoms with Crippen LogP contribution in [0.3, 0.4) is 0 Å². The second-order valence-electron chi connectivity index (χ2n) is 7.97. The van der Waals surface area contributed by atoms with Crippen molar-refractivity contribution in [2.45, 2.75) is 44.8 Å². The second kappa shape index (κ2) is 6.48. The zero-order chi connectivity index (χ0) is 19.2. The predicted octanol–water partition coefficient (Wildman–Crippen LogP) is 3.51. The molecule has 1 fully saturated rings. The maximum absolute atomic E-state index is 12.9. The molecule has 2 aliphatic rings. The molecule has 1 aliphatic heterocycles. The molecule has 1 aromatic carbocycles. The number of hydrogen-bond acceptors (Lipinski definition) is 4. The number of carbonyl (C=O) groups is 1. The van der Waals surface area contributed by atoms with E-state index in [9.17, 15) is 4.79 Å². The van der Waals surface area contributed by atoms with Gasteiger partial charge in [0, 0.05) is 36.4 Å². The average molecular weight is 370 g/mol. The van der Waals surface area contributed by atoms with Gasteiger partial charge in [-0.25, -0.2) is 4.79 Å². The summed E-state index contributed by atoms with van der Waals surface area (Å²) in [4.78, 5) is 14.7. The molecule has 7 nitrogen and oxygen atoms in total. The van der Waals surface area contributed by atoms with Crippen molar-refractivity contribution in [3.63, 3.8) is 0 Å². The van der Waals surface area contributed by atoms with E-state index in [4.69, 9.17) is 9.47 Å². The lowest BCUT2D eigenvalue weighted by atomic mass is 10.1. The van der Waals surface area contributed by atoms with Gasteiger partial charge in [0.05, 0.1) is 20.2 Å². The monoisotopic (exact) mass is 370 g/mol. The van der Waals surface area contributed by atoms with Gasteiger partial charge in [-0.1, -0.05) is 0 Å². The number of rotatable bonds is 3. The molecule has 1 aliphatic carbocycles. The molecule has 1 N–H and O–H groups in total. The smallest absolute Gasteiger partial charge is 0.323 e. The molecule has 1 aromatic heterocycles. The van der Waals surface area contributed by atoms with Gasteiger partial charge in [-0.15, -0.1) is 0 Å². The summed E-state index contributed by atoms with van der Waals surface area (Å²) in [6.07, 6.45) is 2.40. The standard InChI is InChI=1S/C20H26N4O3/c1-20(2)12-24(11-14-7-8-15(26-4)9-17(14)27-20)19(25)21-18-10-16(13-5-6-13)23(3)22-18/h7-10,13H,5-6,11-12H2,1-4H3,(H,21,22,25). The molecular weight excluding hydrogens is 344 g/mol. The van der Waals surface area contributed by atoms with E-state index in [2.05, 4.69) is 10.4 Å². The quantitative estimate of drug-likeness (QED) is 0.898. The third-order valence-corrected chi connectivity index (χ3v) is 5.03. The minimum atomic E-state index is -0.516. The van der Waals surface area contributed by atoms with Crippen LogP contribution in [-0.2, 0) is 13.6 Å². The number of methoxy groups -OCH3 is 1. The maximum Gasteiger partial charge on any atom is 0.323 e. The Bertz CT molecular complexity index is 870. The number of ether oxygens (including phenoxy) is 2. The van der Waals surface area contributed by atoms with Crippen molar-refractivity contribution in [1.82, 2.24) is 14.7 Å². The molecular formula is C20H26N4O3. The van der Waals surface area contributed by atoms with Gasteiger partial charge < -0.3 is 14.4 Å². The van der Waals surface area contributed by atoms with Gasteiger partial charge in [0.25, 0.3) is 0 Å². The van der Waals surface area contributed by atoms with Crippen molar-refractivity contribution >= 4 is 11.8 Å². The van der Waals surface area contributed by atoms with Crippen LogP contribution in [0.15, 0.2) is 24.3 Å². The maximum atomic E-state index is 12.9. The van der Waals surface area contributed by atoms with Crippen LogP contribution in [0.2, 0.25) is 0 Å². The van der Waals surface area contributed by atoms with Crippen LogP contribution in [0.4, 0.5) is 10.6 Å². The number of amides is 2. The number of aryl methyl sites for hydroxylation is 1. The lowest BCUT2D eigenvalue weighted by Gasteiger charge is -2.29. The molecule has 0 atom stereocenters. The molecule has 4 rings (SSSR count). The molecule has 0 saturated heterocycles. The number of nitrogens with zero attached hydrogens (tertiary/aromatic N) is 3. The third-order valence-electron chi connectivity index (χ3n) is 5.03. The highest BCUT2D eigenvalue weighted by molar-refractivity contribution is 5.88. The van der Waals surface area contributed by atoms with Crippen LogP contribution in [0.1, 0.15) is 43.9 Å². The number of urea groups is 1. The zero-order valence-electron chi connectivity index (χ0n) is 16.3. The largest absolute Gasteiger partial charge is 0.497 e. The molecule has 2 heterocycles. The van der Waals surface area contributed by atoms with Crippen molar-refractivity contribution in [2.24, 2.45) is 7.05 Å². The fourth-order valence-electron chi connectivity index (χ4n) is 3.57. The van der Waals surface area contributed by atoms with E-state index in [1.165, 1.54) is 18.5 Å². The van der Waals surface area contributed by atoms with Crippen LogP contribution in [0, 0.1) is 0 Å². The molecule has 2 amide bonds. The lowest BCUT2D eigenvalue weighted by Crippen LogP contribution is -2.44. The van der Waals surface area contributed by atoms with Crippen molar-refractivity contribution in [2.75, 3.05) is 19.0 Å². The van der Waals surface area contributed by atoms with Crippen LogP contribution in [0.5, 0.6) is 11.5 Å². The van der Waals surface area contributed by atoms with Gasteiger partial charge in [-0.3, -0.25) is 10.00 Å². The fourth-order valence-corrected chi connectivity index (χ4v) is 3.57. The fraction of sp³-hybridized carbons (Fsp3) is 0.500. The van der Waals surface area contributed by atoms with E-state index in [0.717, 1.165) is 17.1 Å². The van der Waals surface area contributed by atoms with Crippen LogP contribution >= 0.6 is 0 Å². The number of carbonyl (C=O) groups excluding carboxylic acids is 1. The first-order chi connectivity index (χ1) is 12.8. The molecule has 0 radical (unpaired) electrons. The average Bonchev–Trinajstić information content (AvgIpc) is 3.39. The van der Waals surface area contributed by atoms with Gasteiger partial charge in [-0.2, -0.15) is 5.10 Å². The highest BCUT2D eigenvalue weighted by Crippen LogP contribution is 2.40. The van der Waals surface area contributed by atoms with Gasteiger partial charge in [0.2, 0.25) is 0 Å². The van der Waals surface area contributed by atoms with Gasteiger partial charge in [0.15, 0.2) is 5.82 Å². The normalized spacial score (nSPS) is 18.3. The van der Waals surface area contributed by atoms with Crippen LogP contribution in [0.25, 0.3) is 0 Å². The van der Waals surface area contributed by atoms with E-state index >= 15 is 0 Å². The Balaban J connectivity index is 1.54. The number of nitrogens with one attached hydrogen (secondary N) is 1. The summed E-state index contributed by atoms with van der Waals surface area (Å²) in [5, 5.41) is 7.39. The Labute approximate surface area is 159 Å². The number of hydrogen-bond donors (Lipinski definition) is 1. The van der Waals surface area contributed by atoms with Crippen molar-refractivity contribution < 1.29 is 14.3 Å². The minimum absolute atomic E-state index is 0.171. The molecule has 0 unspecified atom stereocenters. The summed E-state index contributed by atoms with van der Waals surface area (Å²) < 4.78 is 13.3.